The molecule has 0 aliphatic heterocycles. The summed E-state index contributed by atoms with van der Waals surface area (Å²) in [7, 11) is -1.82. The van der Waals surface area contributed by atoms with Crippen molar-refractivity contribution in [2.75, 3.05) is 26.7 Å². The van der Waals surface area contributed by atoms with Crippen LogP contribution in [0.1, 0.15) is 29.3 Å². The number of aryl methyl sites for hydroxylation is 1. The number of hydrogen-bond acceptors (Lipinski definition) is 5. The summed E-state index contributed by atoms with van der Waals surface area (Å²) in [6, 6.07) is 4.52. The van der Waals surface area contributed by atoms with Gasteiger partial charge in [-0.3, -0.25) is 0 Å². The highest BCUT2D eigenvalue weighted by atomic mass is 32.2. The van der Waals surface area contributed by atoms with Crippen LogP contribution in [0, 0.1) is 6.92 Å². The minimum absolute atomic E-state index is 0.109. The van der Waals surface area contributed by atoms with E-state index in [0.29, 0.717) is 18.5 Å². The SMILES string of the molecule is CCOC(=O)c1ccc(C)c(S(=O)(=O)NCCCNC)c1. The summed E-state index contributed by atoms with van der Waals surface area (Å²) >= 11 is 0. The van der Waals surface area contributed by atoms with Crippen LogP contribution < -0.4 is 10.0 Å². The number of esters is 1. The highest BCUT2D eigenvalue weighted by Crippen LogP contribution is 2.17. The zero-order chi connectivity index (χ0) is 15.9. The molecule has 21 heavy (non-hydrogen) atoms. The second-order valence-electron chi connectivity index (χ2n) is 4.56. The summed E-state index contributed by atoms with van der Waals surface area (Å²) in [5, 5.41) is 2.95. The predicted molar refractivity (Wildman–Crippen MR) is 80.9 cm³/mol. The van der Waals surface area contributed by atoms with Gasteiger partial charge in [-0.25, -0.2) is 17.9 Å². The largest absolute Gasteiger partial charge is 0.462 e. The lowest BCUT2D eigenvalue weighted by Crippen LogP contribution is -2.27. The van der Waals surface area contributed by atoms with Crippen LogP contribution in [0.3, 0.4) is 0 Å². The Morgan fingerprint density at radius 3 is 2.62 bits per heavy atom. The van der Waals surface area contributed by atoms with Crippen LogP contribution in [-0.4, -0.2) is 41.1 Å². The van der Waals surface area contributed by atoms with Gasteiger partial charge in [-0.1, -0.05) is 6.07 Å². The first-order valence-electron chi connectivity index (χ1n) is 6.84. The molecule has 7 heteroatoms. The first-order chi connectivity index (χ1) is 9.92. The van der Waals surface area contributed by atoms with E-state index in [1.54, 1.807) is 26.0 Å². The highest BCUT2D eigenvalue weighted by Gasteiger charge is 2.19. The Bertz CT molecular complexity index is 585. The summed E-state index contributed by atoms with van der Waals surface area (Å²) < 4.78 is 31.9. The lowest BCUT2D eigenvalue weighted by Gasteiger charge is -2.11. The van der Waals surface area contributed by atoms with E-state index in [9.17, 15) is 13.2 Å². The molecular weight excluding hydrogens is 292 g/mol. The Morgan fingerprint density at radius 1 is 1.29 bits per heavy atom. The number of ether oxygens (including phenoxy) is 1. The van der Waals surface area contributed by atoms with Crippen LogP contribution in [0.25, 0.3) is 0 Å². The molecule has 1 rings (SSSR count). The number of carbonyl (C=O) groups excluding carboxylic acids is 1. The van der Waals surface area contributed by atoms with E-state index in [0.717, 1.165) is 6.54 Å². The van der Waals surface area contributed by atoms with Gasteiger partial charge in [-0.05, 0) is 51.6 Å². The molecule has 118 valence electrons. The van der Waals surface area contributed by atoms with Crippen LogP contribution >= 0.6 is 0 Å². The van der Waals surface area contributed by atoms with Gasteiger partial charge in [0.25, 0.3) is 0 Å². The van der Waals surface area contributed by atoms with Gasteiger partial charge < -0.3 is 10.1 Å². The molecule has 6 nitrogen and oxygen atoms in total. The third-order valence-electron chi connectivity index (χ3n) is 2.88. The first-order valence-corrected chi connectivity index (χ1v) is 8.32. The zero-order valence-electron chi connectivity index (χ0n) is 12.6. The van der Waals surface area contributed by atoms with Crippen LogP contribution in [0.15, 0.2) is 23.1 Å². The summed E-state index contributed by atoms with van der Waals surface area (Å²) in [4.78, 5) is 11.8. The molecule has 0 saturated carbocycles. The Hall–Kier alpha value is -1.44. The van der Waals surface area contributed by atoms with Crippen molar-refractivity contribution < 1.29 is 17.9 Å². The molecule has 0 atom stereocenters. The van der Waals surface area contributed by atoms with Crippen molar-refractivity contribution in [3.05, 3.63) is 29.3 Å². The van der Waals surface area contributed by atoms with Crippen LogP contribution in [0.4, 0.5) is 0 Å². The van der Waals surface area contributed by atoms with Crippen molar-refractivity contribution in [3.63, 3.8) is 0 Å². The van der Waals surface area contributed by atoms with E-state index >= 15 is 0 Å². The lowest BCUT2D eigenvalue weighted by molar-refractivity contribution is 0.0526. The maximum absolute atomic E-state index is 12.3. The van der Waals surface area contributed by atoms with E-state index in [1.165, 1.54) is 6.07 Å². The Morgan fingerprint density at radius 2 is 2.00 bits per heavy atom. The number of benzene rings is 1. The number of carbonyl (C=O) groups is 1. The summed E-state index contributed by atoms with van der Waals surface area (Å²) in [6.45, 7) is 4.71. The van der Waals surface area contributed by atoms with Crippen molar-refractivity contribution in [1.29, 1.82) is 0 Å². The molecule has 2 N–H and O–H groups in total. The standard InChI is InChI=1S/C14H22N2O4S/c1-4-20-14(17)12-7-6-11(2)13(10-12)21(18,19)16-9-5-8-15-3/h6-7,10,15-16H,4-5,8-9H2,1-3H3. The minimum Gasteiger partial charge on any atom is -0.462 e. The fraction of sp³-hybridized carbons (Fsp3) is 0.500. The van der Waals surface area contributed by atoms with Crippen molar-refractivity contribution in [2.24, 2.45) is 0 Å². The Balaban J connectivity index is 2.94. The Labute approximate surface area is 125 Å². The van der Waals surface area contributed by atoms with Gasteiger partial charge in [0, 0.05) is 6.54 Å². The molecule has 0 amide bonds. The number of hydrogen-bond donors (Lipinski definition) is 2. The van der Waals surface area contributed by atoms with Gasteiger partial charge >= 0.3 is 5.97 Å². The predicted octanol–water partition coefficient (Wildman–Crippen LogP) is 1.06. The summed E-state index contributed by atoms with van der Waals surface area (Å²) in [5.74, 6) is -0.524. The normalized spacial score (nSPS) is 11.4. The maximum Gasteiger partial charge on any atom is 0.338 e. The van der Waals surface area contributed by atoms with Gasteiger partial charge in [0.2, 0.25) is 10.0 Å². The molecule has 0 aromatic heterocycles. The van der Waals surface area contributed by atoms with E-state index < -0.39 is 16.0 Å². The summed E-state index contributed by atoms with van der Waals surface area (Å²) in [6.07, 6.45) is 0.687. The zero-order valence-corrected chi connectivity index (χ0v) is 13.4. The molecule has 0 aliphatic carbocycles. The average Bonchev–Trinajstić information content (AvgIpc) is 2.44. The van der Waals surface area contributed by atoms with Crippen LogP contribution in [0.2, 0.25) is 0 Å². The smallest absolute Gasteiger partial charge is 0.338 e. The molecule has 1 aromatic carbocycles. The molecule has 0 saturated heterocycles. The monoisotopic (exact) mass is 314 g/mol. The lowest BCUT2D eigenvalue weighted by atomic mass is 10.1. The molecular formula is C14H22N2O4S. The number of rotatable bonds is 8. The van der Waals surface area contributed by atoms with Gasteiger partial charge in [0.15, 0.2) is 0 Å². The fourth-order valence-electron chi connectivity index (χ4n) is 1.78. The van der Waals surface area contributed by atoms with Crippen LogP contribution in [0.5, 0.6) is 0 Å². The Kier molecular flexibility index (Phi) is 6.80. The third kappa shape index (κ3) is 5.11. The third-order valence-corrected chi connectivity index (χ3v) is 4.49. The van der Waals surface area contributed by atoms with Gasteiger partial charge in [0.05, 0.1) is 17.1 Å². The topological polar surface area (TPSA) is 84.5 Å². The second-order valence-corrected chi connectivity index (χ2v) is 6.29. The molecule has 1 aromatic rings. The maximum atomic E-state index is 12.3. The van der Waals surface area contributed by atoms with Gasteiger partial charge in [-0.2, -0.15) is 0 Å². The first kappa shape index (κ1) is 17.6. The molecule has 0 heterocycles. The highest BCUT2D eigenvalue weighted by molar-refractivity contribution is 7.89. The molecule has 0 aliphatic rings. The second kappa shape index (κ2) is 8.11. The van der Waals surface area contributed by atoms with E-state index in [4.69, 9.17) is 4.74 Å². The van der Waals surface area contributed by atoms with Crippen molar-refractivity contribution >= 4 is 16.0 Å². The van der Waals surface area contributed by atoms with E-state index in [-0.39, 0.29) is 17.1 Å². The molecule has 0 fully saturated rings. The van der Waals surface area contributed by atoms with Gasteiger partial charge in [-0.15, -0.1) is 0 Å². The van der Waals surface area contributed by atoms with Gasteiger partial charge in [0.1, 0.15) is 0 Å². The van der Waals surface area contributed by atoms with Crippen molar-refractivity contribution in [3.8, 4) is 0 Å². The fourth-order valence-corrected chi connectivity index (χ4v) is 3.12. The molecule has 0 radical (unpaired) electrons. The minimum atomic E-state index is -3.63. The molecule has 0 unspecified atom stereocenters. The number of sulfonamides is 1. The number of nitrogens with one attached hydrogen (secondary N) is 2. The van der Waals surface area contributed by atoms with E-state index in [2.05, 4.69) is 10.0 Å². The summed E-state index contributed by atoms with van der Waals surface area (Å²) in [5.41, 5.74) is 0.821. The van der Waals surface area contributed by atoms with E-state index in [1.807, 2.05) is 7.05 Å². The van der Waals surface area contributed by atoms with Crippen molar-refractivity contribution in [1.82, 2.24) is 10.0 Å². The quantitative estimate of drug-likeness (QED) is 0.554. The van der Waals surface area contributed by atoms with Crippen LogP contribution in [-0.2, 0) is 14.8 Å². The molecule has 0 bridgehead atoms. The molecule has 0 spiro atoms. The average molecular weight is 314 g/mol. The van der Waals surface area contributed by atoms with Crippen molar-refractivity contribution in [2.45, 2.75) is 25.2 Å².